The second kappa shape index (κ2) is 5.93. The van der Waals surface area contributed by atoms with E-state index in [1.165, 1.54) is 10.6 Å². The number of nitrogens with one attached hydrogen (secondary N) is 1. The first kappa shape index (κ1) is 13.7. The molecule has 5 nitrogen and oxygen atoms in total. The quantitative estimate of drug-likeness (QED) is 0.754. The molecule has 0 unspecified atom stereocenters. The van der Waals surface area contributed by atoms with Crippen LogP contribution in [0.4, 0.5) is 5.69 Å². The SMILES string of the molecule is COc1cccc(N2CC[NH+]([C@H](C)C(N)=O)CC2)c1. The predicted molar refractivity (Wildman–Crippen MR) is 74.6 cm³/mol. The molecule has 0 saturated carbocycles. The molecule has 0 aliphatic carbocycles. The zero-order valence-electron chi connectivity index (χ0n) is 11.6. The summed E-state index contributed by atoms with van der Waals surface area (Å²) < 4.78 is 5.24. The van der Waals surface area contributed by atoms with Gasteiger partial charge in [-0.25, -0.2) is 0 Å². The molecule has 1 amide bonds. The lowest BCUT2D eigenvalue weighted by molar-refractivity contribution is -0.914. The van der Waals surface area contributed by atoms with Gasteiger partial charge in [0.1, 0.15) is 5.75 Å². The van der Waals surface area contributed by atoms with Crippen molar-refractivity contribution < 1.29 is 14.4 Å². The number of nitrogens with two attached hydrogens (primary N) is 1. The van der Waals surface area contributed by atoms with Gasteiger partial charge in [0.25, 0.3) is 5.91 Å². The number of carbonyl (C=O) groups excluding carboxylic acids is 1. The van der Waals surface area contributed by atoms with Crippen LogP contribution in [0.2, 0.25) is 0 Å². The summed E-state index contributed by atoms with van der Waals surface area (Å²) >= 11 is 0. The van der Waals surface area contributed by atoms with Crippen LogP contribution < -0.4 is 20.3 Å². The monoisotopic (exact) mass is 264 g/mol. The van der Waals surface area contributed by atoms with Crippen LogP contribution in [0.5, 0.6) is 5.75 Å². The molecule has 5 heteroatoms. The minimum absolute atomic E-state index is 0.104. The molecular formula is C14H22N3O2+. The number of quaternary nitrogens is 1. The zero-order valence-corrected chi connectivity index (χ0v) is 11.6. The van der Waals surface area contributed by atoms with E-state index in [9.17, 15) is 4.79 Å². The molecule has 1 aliphatic rings. The van der Waals surface area contributed by atoms with E-state index in [2.05, 4.69) is 11.0 Å². The van der Waals surface area contributed by atoms with Gasteiger partial charge in [-0.05, 0) is 19.1 Å². The van der Waals surface area contributed by atoms with Crippen LogP contribution in [0.3, 0.4) is 0 Å². The third kappa shape index (κ3) is 3.17. The highest BCUT2D eigenvalue weighted by molar-refractivity contribution is 5.77. The van der Waals surface area contributed by atoms with Gasteiger partial charge in [-0.3, -0.25) is 4.79 Å². The number of benzene rings is 1. The Kier molecular flexibility index (Phi) is 4.27. The molecule has 2 rings (SSSR count). The van der Waals surface area contributed by atoms with Crippen molar-refractivity contribution in [3.63, 3.8) is 0 Å². The number of hydrogen-bond acceptors (Lipinski definition) is 3. The maximum absolute atomic E-state index is 11.2. The first-order chi connectivity index (χ1) is 9.11. The van der Waals surface area contributed by atoms with E-state index in [4.69, 9.17) is 10.5 Å². The van der Waals surface area contributed by atoms with Crippen molar-refractivity contribution in [2.75, 3.05) is 38.2 Å². The molecule has 19 heavy (non-hydrogen) atoms. The van der Waals surface area contributed by atoms with Crippen molar-refractivity contribution >= 4 is 11.6 Å². The molecular weight excluding hydrogens is 242 g/mol. The smallest absolute Gasteiger partial charge is 0.275 e. The van der Waals surface area contributed by atoms with Gasteiger partial charge in [0.2, 0.25) is 0 Å². The Morgan fingerprint density at radius 1 is 1.42 bits per heavy atom. The summed E-state index contributed by atoms with van der Waals surface area (Å²) in [5.74, 6) is 0.655. The summed E-state index contributed by atoms with van der Waals surface area (Å²) in [6.07, 6.45) is 0. The Morgan fingerprint density at radius 3 is 2.68 bits per heavy atom. The van der Waals surface area contributed by atoms with Gasteiger partial charge < -0.3 is 20.3 Å². The van der Waals surface area contributed by atoms with Gasteiger partial charge in [0, 0.05) is 11.8 Å². The van der Waals surface area contributed by atoms with Gasteiger partial charge in [0.05, 0.1) is 33.3 Å². The molecule has 3 N–H and O–H groups in total. The van der Waals surface area contributed by atoms with Crippen LogP contribution in [0.15, 0.2) is 24.3 Å². The lowest BCUT2D eigenvalue weighted by atomic mass is 10.2. The first-order valence-electron chi connectivity index (χ1n) is 6.64. The molecule has 0 radical (unpaired) electrons. The Balaban J connectivity index is 1.97. The number of carbonyl (C=O) groups is 1. The minimum atomic E-state index is -0.218. The van der Waals surface area contributed by atoms with Crippen LogP contribution in [0.1, 0.15) is 6.92 Å². The van der Waals surface area contributed by atoms with Crippen LogP contribution in [-0.4, -0.2) is 45.2 Å². The van der Waals surface area contributed by atoms with E-state index in [-0.39, 0.29) is 11.9 Å². The number of hydrogen-bond donors (Lipinski definition) is 2. The summed E-state index contributed by atoms with van der Waals surface area (Å²) in [5.41, 5.74) is 6.53. The number of methoxy groups -OCH3 is 1. The van der Waals surface area contributed by atoms with Crippen molar-refractivity contribution in [3.8, 4) is 5.75 Å². The van der Waals surface area contributed by atoms with E-state index in [0.717, 1.165) is 31.9 Å². The average Bonchev–Trinajstić information content (AvgIpc) is 2.46. The molecule has 1 aliphatic heterocycles. The van der Waals surface area contributed by atoms with E-state index < -0.39 is 0 Å². The summed E-state index contributed by atoms with van der Waals surface area (Å²) in [5, 5.41) is 0. The molecule has 1 heterocycles. The lowest BCUT2D eigenvalue weighted by Crippen LogP contribution is -3.19. The van der Waals surface area contributed by atoms with E-state index in [1.54, 1.807) is 7.11 Å². The Hall–Kier alpha value is -1.75. The third-order valence-electron chi connectivity index (χ3n) is 3.86. The van der Waals surface area contributed by atoms with Crippen LogP contribution in [0.25, 0.3) is 0 Å². The van der Waals surface area contributed by atoms with E-state index in [0.29, 0.717) is 0 Å². The third-order valence-corrected chi connectivity index (χ3v) is 3.86. The number of primary amides is 1. The predicted octanol–water partition coefficient (Wildman–Crippen LogP) is -0.726. The van der Waals surface area contributed by atoms with Crippen molar-refractivity contribution in [1.82, 2.24) is 0 Å². The largest absolute Gasteiger partial charge is 0.497 e. The van der Waals surface area contributed by atoms with Crippen LogP contribution in [0, 0.1) is 0 Å². The summed E-state index contributed by atoms with van der Waals surface area (Å²) in [7, 11) is 1.68. The van der Waals surface area contributed by atoms with E-state index in [1.807, 2.05) is 25.1 Å². The highest BCUT2D eigenvalue weighted by Crippen LogP contribution is 2.20. The topological polar surface area (TPSA) is 60.0 Å². The fraction of sp³-hybridized carbons (Fsp3) is 0.500. The van der Waals surface area contributed by atoms with Crippen molar-refractivity contribution in [2.24, 2.45) is 5.73 Å². The standard InChI is InChI=1S/C14H21N3O2/c1-11(14(15)18)16-6-8-17(9-7-16)12-4-3-5-13(10-12)19-2/h3-5,10-11H,6-9H2,1-2H3,(H2,15,18)/p+1/t11-/m1/s1. The normalized spacial score (nSPS) is 18.1. The van der Waals surface area contributed by atoms with Gasteiger partial charge in [-0.15, -0.1) is 0 Å². The molecule has 1 atom stereocenters. The Morgan fingerprint density at radius 2 is 2.11 bits per heavy atom. The summed E-state index contributed by atoms with van der Waals surface area (Å²) in [6, 6.07) is 7.97. The molecule has 0 spiro atoms. The highest BCUT2D eigenvalue weighted by atomic mass is 16.5. The fourth-order valence-electron chi connectivity index (χ4n) is 2.49. The maximum atomic E-state index is 11.2. The summed E-state index contributed by atoms with van der Waals surface area (Å²) in [6.45, 7) is 5.63. The van der Waals surface area contributed by atoms with Crippen LogP contribution in [-0.2, 0) is 4.79 Å². The van der Waals surface area contributed by atoms with Gasteiger partial charge in [-0.1, -0.05) is 6.07 Å². The number of ether oxygens (including phenoxy) is 1. The Bertz CT molecular complexity index is 442. The van der Waals surface area contributed by atoms with Gasteiger partial charge >= 0.3 is 0 Å². The van der Waals surface area contributed by atoms with Gasteiger partial charge in [-0.2, -0.15) is 0 Å². The molecule has 0 bridgehead atoms. The zero-order chi connectivity index (χ0) is 13.8. The number of nitrogens with zero attached hydrogens (tertiary/aromatic N) is 1. The second-order valence-corrected chi connectivity index (χ2v) is 4.97. The molecule has 0 aromatic heterocycles. The average molecular weight is 264 g/mol. The van der Waals surface area contributed by atoms with E-state index >= 15 is 0 Å². The lowest BCUT2D eigenvalue weighted by Gasteiger charge is -2.35. The second-order valence-electron chi connectivity index (χ2n) is 4.97. The molecule has 1 saturated heterocycles. The first-order valence-corrected chi connectivity index (χ1v) is 6.64. The number of amides is 1. The molecule has 1 aromatic rings. The minimum Gasteiger partial charge on any atom is -0.497 e. The fourth-order valence-corrected chi connectivity index (χ4v) is 2.49. The molecule has 104 valence electrons. The maximum Gasteiger partial charge on any atom is 0.275 e. The highest BCUT2D eigenvalue weighted by Gasteiger charge is 2.27. The van der Waals surface area contributed by atoms with Crippen LogP contribution >= 0.6 is 0 Å². The van der Waals surface area contributed by atoms with Crippen molar-refractivity contribution in [3.05, 3.63) is 24.3 Å². The molecule has 1 aromatic carbocycles. The van der Waals surface area contributed by atoms with Gasteiger partial charge in [0.15, 0.2) is 6.04 Å². The summed E-state index contributed by atoms with van der Waals surface area (Å²) in [4.78, 5) is 14.8. The number of piperazine rings is 1. The van der Waals surface area contributed by atoms with Crippen molar-refractivity contribution in [1.29, 1.82) is 0 Å². The molecule has 1 fully saturated rings. The number of rotatable bonds is 4. The number of anilines is 1. The Labute approximate surface area is 113 Å². The van der Waals surface area contributed by atoms with Crippen molar-refractivity contribution in [2.45, 2.75) is 13.0 Å².